The Morgan fingerprint density at radius 1 is 0.253 bits per heavy atom. The fourth-order valence-electron chi connectivity index (χ4n) is 11.8. The summed E-state index contributed by atoms with van der Waals surface area (Å²) in [6.45, 7) is 11.4. The standard InChI is InChI=1S/4C16H10.C7H18N2.C5H14N2.C3H6.2CH5N.3CH3.5Y/c4*1-3-11-7-9-13-5-2-6-14-10-8-12(4-1)15(11)16(13)14;1-8(2)6-5-7-9(3)4;1-6-4-3-5-7-2;1-3-2;2*1-2;;;;;;;;/h4*1-10H;5-7H2,1-4H3;6-7H,3-5H2,1-2H3;1-3H2;2*2H2,1H3;3*1H3;;;;;/q;;;;;;-2;;;3*-1;;;;;. The van der Waals surface area contributed by atoms with E-state index in [-0.39, 0.29) is 186 Å². The van der Waals surface area contributed by atoms with Crippen LogP contribution in [0.4, 0.5) is 0 Å². The van der Waals surface area contributed by atoms with Crippen LogP contribution in [0.3, 0.4) is 0 Å². The van der Waals surface area contributed by atoms with E-state index in [2.05, 4.69) is 317 Å². The molecule has 11 heteroatoms. The van der Waals surface area contributed by atoms with Gasteiger partial charge in [-0.05, 0) is 225 Å². The van der Waals surface area contributed by atoms with E-state index < -0.39 is 0 Å². The molecular formula is C84H97N6Y5-5. The predicted octanol–water partition coefficient (Wildman–Crippen LogP) is 20.2. The third kappa shape index (κ3) is 23.5. The van der Waals surface area contributed by atoms with Gasteiger partial charge < -0.3 is 74.4 Å². The molecule has 0 aliphatic carbocycles. The molecule has 95 heavy (non-hydrogen) atoms. The molecule has 6 nitrogen and oxygen atoms in total. The molecule has 5 radical (unpaired) electrons. The van der Waals surface area contributed by atoms with Gasteiger partial charge in [0.25, 0.3) is 0 Å². The quantitative estimate of drug-likeness (QED) is 0.0689. The van der Waals surface area contributed by atoms with E-state index in [0.717, 1.165) is 19.5 Å². The molecule has 0 aliphatic rings. The van der Waals surface area contributed by atoms with Gasteiger partial charge in [-0.25, -0.2) is 0 Å². The Hall–Kier alpha value is -3.04. The maximum Gasteiger partial charge on any atom is 0 e. The van der Waals surface area contributed by atoms with Crippen molar-refractivity contribution >= 4 is 129 Å². The first-order chi connectivity index (χ1) is 42.7. The zero-order chi connectivity index (χ0) is 61.7. The molecule has 16 aromatic carbocycles. The topological polar surface area (TPSA) is 82.6 Å². The van der Waals surface area contributed by atoms with Crippen molar-refractivity contribution in [1.29, 1.82) is 0 Å². The SMILES string of the molecule is CN.CN.CN(C)CCCN(C)C.CNCCCNC.[CH2-]C[CH2-].[CH3-].[CH3-].[CH3-].[Y].[Y].[Y].[Y].[Y].c1cc2ccc3cccc4ccc(c1)c2c34.c1cc2ccc3cccc4ccc(c1)c2c34.c1cc2ccc3cccc4ccc(c1)c2c34.c1cc2ccc3cccc4ccc(c1)c2c34. The summed E-state index contributed by atoms with van der Waals surface area (Å²) in [6.07, 6.45) is 3.23. The molecular weight excluding hydrogens is 1540 g/mol. The third-order valence-electron chi connectivity index (χ3n) is 15.6. The van der Waals surface area contributed by atoms with Gasteiger partial charge in [0.1, 0.15) is 0 Å². The minimum Gasteiger partial charge on any atom is -0.372 e. The minimum atomic E-state index is 0. The molecule has 0 heterocycles. The number of hydrogen-bond donors (Lipinski definition) is 4. The van der Waals surface area contributed by atoms with Crippen LogP contribution in [-0.2, 0) is 164 Å². The van der Waals surface area contributed by atoms with Gasteiger partial charge in [0.15, 0.2) is 0 Å². The summed E-state index contributed by atoms with van der Waals surface area (Å²) in [4.78, 5) is 4.42. The summed E-state index contributed by atoms with van der Waals surface area (Å²) >= 11 is 0. The summed E-state index contributed by atoms with van der Waals surface area (Å²) in [5.74, 6) is 0. The minimum absolute atomic E-state index is 0. The first kappa shape index (κ1) is 92.0. The van der Waals surface area contributed by atoms with Crippen LogP contribution in [0, 0.1) is 36.1 Å². The van der Waals surface area contributed by atoms with E-state index >= 15 is 0 Å². The molecule has 0 bridgehead atoms. The average Bonchev–Trinajstić information content (AvgIpc) is 0.787. The Bertz CT molecular complexity index is 3560. The van der Waals surface area contributed by atoms with Crippen LogP contribution in [0.5, 0.6) is 0 Å². The van der Waals surface area contributed by atoms with Crippen LogP contribution in [0.15, 0.2) is 243 Å². The summed E-state index contributed by atoms with van der Waals surface area (Å²) in [5, 5.41) is 38.7. The van der Waals surface area contributed by atoms with Crippen molar-refractivity contribution in [2.45, 2.75) is 19.3 Å². The summed E-state index contributed by atoms with van der Waals surface area (Å²) in [6, 6.07) is 87.4. The van der Waals surface area contributed by atoms with Crippen LogP contribution >= 0.6 is 0 Å². The Balaban J connectivity index is 0.00000110. The van der Waals surface area contributed by atoms with Crippen LogP contribution in [0.25, 0.3) is 129 Å². The van der Waals surface area contributed by atoms with Gasteiger partial charge >= 0.3 is 0 Å². The second kappa shape index (κ2) is 47.9. The van der Waals surface area contributed by atoms with Gasteiger partial charge in [-0.3, -0.25) is 0 Å². The zero-order valence-corrected chi connectivity index (χ0v) is 72.6. The third-order valence-corrected chi connectivity index (χ3v) is 15.6. The Kier molecular flexibility index (Phi) is 46.4. The molecule has 0 fully saturated rings. The van der Waals surface area contributed by atoms with Crippen molar-refractivity contribution in [2.75, 3.05) is 82.6 Å². The number of nitrogens with two attached hydrogens (primary N) is 2. The average molecular weight is 1640 g/mol. The molecule has 0 aromatic heterocycles. The van der Waals surface area contributed by atoms with Crippen LogP contribution in [0.2, 0.25) is 0 Å². The molecule has 16 aromatic rings. The molecule has 483 valence electrons. The van der Waals surface area contributed by atoms with Crippen LogP contribution < -0.4 is 22.1 Å². The molecule has 16 rings (SSSR count). The molecule has 0 aliphatic heterocycles. The second-order valence-corrected chi connectivity index (χ2v) is 22.0. The van der Waals surface area contributed by atoms with Crippen molar-refractivity contribution in [3.63, 3.8) is 0 Å². The molecule has 6 N–H and O–H groups in total. The van der Waals surface area contributed by atoms with Crippen molar-refractivity contribution in [3.8, 4) is 0 Å². The normalized spacial score (nSPS) is 10.0. The number of benzene rings is 16. The second-order valence-electron chi connectivity index (χ2n) is 22.0. The molecule has 0 amide bonds. The van der Waals surface area contributed by atoms with Crippen molar-refractivity contribution in [2.24, 2.45) is 11.5 Å². The van der Waals surface area contributed by atoms with Crippen LogP contribution in [0.1, 0.15) is 19.3 Å². The fourth-order valence-corrected chi connectivity index (χ4v) is 11.8. The molecule has 0 atom stereocenters. The van der Waals surface area contributed by atoms with Crippen molar-refractivity contribution in [3.05, 3.63) is 279 Å². The summed E-state index contributed by atoms with van der Waals surface area (Å²) in [7, 11) is 15.4. The fraction of sp³-hybridized carbons (Fsp3) is 0.179. The van der Waals surface area contributed by atoms with Gasteiger partial charge in [-0.2, -0.15) is 0 Å². The van der Waals surface area contributed by atoms with E-state index in [9.17, 15) is 0 Å². The first-order valence-corrected chi connectivity index (χ1v) is 30.5. The van der Waals surface area contributed by atoms with Gasteiger partial charge in [-0.1, -0.05) is 243 Å². The van der Waals surface area contributed by atoms with Gasteiger partial charge in [-0.15, -0.1) is 0 Å². The predicted molar refractivity (Wildman–Crippen MR) is 410 cm³/mol. The first-order valence-electron chi connectivity index (χ1n) is 30.5. The van der Waals surface area contributed by atoms with Crippen molar-refractivity contribution < 1.29 is 164 Å². The Morgan fingerprint density at radius 2 is 0.368 bits per heavy atom. The number of hydrogen-bond acceptors (Lipinski definition) is 6. The zero-order valence-electron chi connectivity index (χ0n) is 58.4. The van der Waals surface area contributed by atoms with Gasteiger partial charge in [0, 0.05) is 164 Å². The Labute approximate surface area is 695 Å². The Morgan fingerprint density at radius 3 is 0.463 bits per heavy atom. The van der Waals surface area contributed by atoms with E-state index in [1.54, 1.807) is 0 Å². The monoisotopic (exact) mass is 1630 g/mol. The van der Waals surface area contributed by atoms with E-state index in [1.807, 2.05) is 14.1 Å². The maximum absolute atomic E-state index is 4.50. The smallest absolute Gasteiger partial charge is 0 e. The van der Waals surface area contributed by atoms with E-state index in [4.69, 9.17) is 0 Å². The van der Waals surface area contributed by atoms with Gasteiger partial charge in [0.2, 0.25) is 0 Å². The van der Waals surface area contributed by atoms with Gasteiger partial charge in [0.05, 0.1) is 0 Å². The molecule has 0 saturated heterocycles. The maximum atomic E-state index is 4.50. The van der Waals surface area contributed by atoms with Crippen molar-refractivity contribution in [1.82, 2.24) is 20.4 Å². The molecule has 0 spiro atoms. The molecule has 0 saturated carbocycles. The number of rotatable bonds is 8. The van der Waals surface area contributed by atoms with E-state index in [0.29, 0.717) is 0 Å². The summed E-state index contributed by atoms with van der Waals surface area (Å²) < 4.78 is 0. The number of nitrogens with one attached hydrogen (secondary N) is 2. The summed E-state index contributed by atoms with van der Waals surface area (Å²) in [5.41, 5.74) is 9.00. The van der Waals surface area contributed by atoms with E-state index in [1.165, 1.54) is 169 Å². The number of nitrogens with zero attached hydrogens (tertiary/aromatic N) is 2. The van der Waals surface area contributed by atoms with Crippen LogP contribution in [-0.4, -0.2) is 92.4 Å². The molecule has 0 unspecified atom stereocenters. The largest absolute Gasteiger partial charge is 0.372 e.